The number of ether oxygens (including phenoxy) is 1. The Labute approximate surface area is 149 Å². The summed E-state index contributed by atoms with van der Waals surface area (Å²) in [4.78, 5) is 24.6. The van der Waals surface area contributed by atoms with Crippen LogP contribution in [0.3, 0.4) is 0 Å². The number of esters is 1. The van der Waals surface area contributed by atoms with Crippen LogP contribution in [0.2, 0.25) is 0 Å². The summed E-state index contributed by atoms with van der Waals surface area (Å²) in [5, 5.41) is 2.93. The molecule has 2 aromatic carbocycles. The van der Waals surface area contributed by atoms with Crippen molar-refractivity contribution in [3.63, 3.8) is 0 Å². The van der Waals surface area contributed by atoms with Crippen LogP contribution in [0.25, 0.3) is 0 Å². The molecule has 0 bridgehead atoms. The van der Waals surface area contributed by atoms with E-state index in [2.05, 4.69) is 5.32 Å². The highest BCUT2D eigenvalue weighted by Crippen LogP contribution is 2.23. The second kappa shape index (κ2) is 8.47. The van der Waals surface area contributed by atoms with Crippen molar-refractivity contribution in [1.29, 1.82) is 0 Å². The lowest BCUT2D eigenvalue weighted by molar-refractivity contribution is -0.123. The van der Waals surface area contributed by atoms with E-state index in [4.69, 9.17) is 4.74 Å². The first-order valence-electron chi connectivity index (χ1n) is 8.65. The van der Waals surface area contributed by atoms with Crippen LogP contribution in [0, 0.1) is 6.92 Å². The first-order valence-corrected chi connectivity index (χ1v) is 8.65. The van der Waals surface area contributed by atoms with Gasteiger partial charge < -0.3 is 10.1 Å². The Morgan fingerprint density at radius 2 is 1.56 bits per heavy atom. The molecule has 1 N–H and O–H groups in total. The maximum atomic E-state index is 12.5. The zero-order valence-corrected chi connectivity index (χ0v) is 15.3. The Kier molecular flexibility index (Phi) is 6.34. The van der Waals surface area contributed by atoms with Crippen LogP contribution in [0.1, 0.15) is 47.8 Å². The summed E-state index contributed by atoms with van der Waals surface area (Å²) in [6.45, 7) is 7.62. The highest BCUT2D eigenvalue weighted by molar-refractivity contribution is 5.98. The lowest BCUT2D eigenvalue weighted by Gasteiger charge is -2.18. The molecule has 2 aromatic rings. The first-order chi connectivity index (χ1) is 12.0. The summed E-state index contributed by atoms with van der Waals surface area (Å²) in [6, 6.07) is 13.1. The minimum atomic E-state index is -0.872. The molecule has 0 spiro atoms. The Balaban J connectivity index is 2.08. The fraction of sp³-hybridized carbons (Fsp3) is 0.333. The van der Waals surface area contributed by atoms with E-state index in [0.717, 1.165) is 35.2 Å². The normalized spacial score (nSPS) is 11.7. The predicted molar refractivity (Wildman–Crippen MR) is 99.9 cm³/mol. The summed E-state index contributed by atoms with van der Waals surface area (Å²) >= 11 is 0. The fourth-order valence-corrected chi connectivity index (χ4v) is 2.60. The summed E-state index contributed by atoms with van der Waals surface area (Å²) in [5.74, 6) is -0.821. The number of carbonyl (C=O) groups excluding carboxylic acids is 2. The molecule has 2 rings (SSSR count). The van der Waals surface area contributed by atoms with Crippen LogP contribution >= 0.6 is 0 Å². The van der Waals surface area contributed by atoms with Gasteiger partial charge in [-0.3, -0.25) is 4.79 Å². The van der Waals surface area contributed by atoms with Crippen molar-refractivity contribution < 1.29 is 14.3 Å². The van der Waals surface area contributed by atoms with Gasteiger partial charge in [0.2, 0.25) is 0 Å². The Morgan fingerprint density at radius 3 is 2.08 bits per heavy atom. The highest BCUT2D eigenvalue weighted by Gasteiger charge is 2.20. The summed E-state index contributed by atoms with van der Waals surface area (Å²) in [7, 11) is 0. The van der Waals surface area contributed by atoms with Crippen molar-refractivity contribution in [1.82, 2.24) is 0 Å². The largest absolute Gasteiger partial charge is 0.449 e. The number of aryl methyl sites for hydroxylation is 3. The number of amides is 1. The molecule has 0 aliphatic rings. The number of hydrogen-bond acceptors (Lipinski definition) is 3. The van der Waals surface area contributed by atoms with E-state index in [0.29, 0.717) is 5.56 Å². The fourth-order valence-electron chi connectivity index (χ4n) is 2.60. The zero-order chi connectivity index (χ0) is 18.4. The molecular weight excluding hydrogens is 314 g/mol. The molecule has 0 heterocycles. The Hall–Kier alpha value is -2.62. The standard InChI is InChI=1S/C21H25NO3/c1-5-16-8-7-9-17(6-2)19(16)22-20(23)15(4)25-21(24)18-12-10-14(3)11-13-18/h7-13,15H,5-6H2,1-4H3,(H,22,23). The predicted octanol–water partition coefficient (Wildman–Crippen LogP) is 4.30. The van der Waals surface area contributed by atoms with Crippen LogP contribution in [-0.4, -0.2) is 18.0 Å². The van der Waals surface area contributed by atoms with Gasteiger partial charge in [-0.25, -0.2) is 4.79 Å². The van der Waals surface area contributed by atoms with E-state index in [9.17, 15) is 9.59 Å². The third-order valence-corrected chi connectivity index (χ3v) is 4.19. The Bertz CT molecular complexity index is 728. The number of hydrogen-bond donors (Lipinski definition) is 1. The molecule has 0 fully saturated rings. The highest BCUT2D eigenvalue weighted by atomic mass is 16.5. The lowest BCUT2D eigenvalue weighted by atomic mass is 10.0. The molecule has 1 atom stereocenters. The lowest BCUT2D eigenvalue weighted by Crippen LogP contribution is -2.30. The average Bonchev–Trinajstić information content (AvgIpc) is 2.62. The van der Waals surface area contributed by atoms with Crippen molar-refractivity contribution in [2.75, 3.05) is 5.32 Å². The van der Waals surface area contributed by atoms with Crippen LogP contribution in [0.15, 0.2) is 42.5 Å². The van der Waals surface area contributed by atoms with Gasteiger partial charge in [0.15, 0.2) is 6.10 Å². The number of para-hydroxylation sites is 1. The number of anilines is 1. The minimum absolute atomic E-state index is 0.323. The van der Waals surface area contributed by atoms with Crippen LogP contribution < -0.4 is 5.32 Å². The van der Waals surface area contributed by atoms with Crippen LogP contribution in [0.4, 0.5) is 5.69 Å². The van der Waals surface area contributed by atoms with E-state index in [-0.39, 0.29) is 5.91 Å². The smallest absolute Gasteiger partial charge is 0.338 e. The SMILES string of the molecule is CCc1cccc(CC)c1NC(=O)C(C)OC(=O)c1ccc(C)cc1. The van der Waals surface area contributed by atoms with E-state index in [1.807, 2.05) is 51.1 Å². The molecule has 1 unspecified atom stereocenters. The van der Waals surface area contributed by atoms with Crippen molar-refractivity contribution >= 4 is 17.6 Å². The summed E-state index contributed by atoms with van der Waals surface area (Å²) < 4.78 is 5.31. The van der Waals surface area contributed by atoms with Gasteiger partial charge in [0, 0.05) is 5.69 Å². The molecule has 0 saturated carbocycles. The van der Waals surface area contributed by atoms with E-state index in [1.54, 1.807) is 19.1 Å². The molecule has 4 heteroatoms. The maximum absolute atomic E-state index is 12.5. The second-order valence-electron chi connectivity index (χ2n) is 6.06. The van der Waals surface area contributed by atoms with Gasteiger partial charge in [-0.15, -0.1) is 0 Å². The topological polar surface area (TPSA) is 55.4 Å². The van der Waals surface area contributed by atoms with Crippen molar-refractivity contribution in [3.05, 3.63) is 64.7 Å². The van der Waals surface area contributed by atoms with Crippen LogP contribution in [-0.2, 0) is 22.4 Å². The van der Waals surface area contributed by atoms with Crippen molar-refractivity contribution in [3.8, 4) is 0 Å². The third kappa shape index (κ3) is 4.69. The van der Waals surface area contributed by atoms with Gasteiger partial charge >= 0.3 is 5.97 Å². The number of nitrogens with one attached hydrogen (secondary N) is 1. The van der Waals surface area contributed by atoms with Gasteiger partial charge in [-0.1, -0.05) is 49.7 Å². The van der Waals surface area contributed by atoms with E-state index < -0.39 is 12.1 Å². The quantitative estimate of drug-likeness (QED) is 0.798. The molecule has 0 aromatic heterocycles. The average molecular weight is 339 g/mol. The number of benzene rings is 2. The van der Waals surface area contributed by atoms with Crippen molar-refractivity contribution in [2.45, 2.75) is 46.6 Å². The van der Waals surface area contributed by atoms with Gasteiger partial charge in [0.1, 0.15) is 0 Å². The van der Waals surface area contributed by atoms with Gasteiger partial charge in [-0.2, -0.15) is 0 Å². The second-order valence-corrected chi connectivity index (χ2v) is 6.06. The molecule has 0 radical (unpaired) electrons. The first kappa shape index (κ1) is 18.7. The van der Waals surface area contributed by atoms with Gasteiger partial charge in [0.25, 0.3) is 5.91 Å². The molecule has 25 heavy (non-hydrogen) atoms. The molecule has 0 saturated heterocycles. The Morgan fingerprint density at radius 1 is 1.00 bits per heavy atom. The minimum Gasteiger partial charge on any atom is -0.449 e. The molecule has 0 aliphatic heterocycles. The molecular formula is C21H25NO3. The molecule has 132 valence electrons. The van der Waals surface area contributed by atoms with Gasteiger partial charge in [0.05, 0.1) is 5.56 Å². The van der Waals surface area contributed by atoms with Gasteiger partial charge in [-0.05, 0) is 49.9 Å². The monoisotopic (exact) mass is 339 g/mol. The van der Waals surface area contributed by atoms with Crippen molar-refractivity contribution in [2.24, 2.45) is 0 Å². The van der Waals surface area contributed by atoms with E-state index >= 15 is 0 Å². The number of carbonyl (C=O) groups is 2. The summed E-state index contributed by atoms with van der Waals surface area (Å²) in [6.07, 6.45) is 0.769. The van der Waals surface area contributed by atoms with Crippen LogP contribution in [0.5, 0.6) is 0 Å². The molecule has 4 nitrogen and oxygen atoms in total. The zero-order valence-electron chi connectivity index (χ0n) is 15.3. The number of rotatable bonds is 6. The van der Waals surface area contributed by atoms with E-state index in [1.165, 1.54) is 0 Å². The molecule has 0 aliphatic carbocycles. The maximum Gasteiger partial charge on any atom is 0.338 e. The summed E-state index contributed by atoms with van der Waals surface area (Å²) in [5.41, 5.74) is 4.48. The third-order valence-electron chi connectivity index (χ3n) is 4.19. The molecule has 1 amide bonds.